The molecule has 0 saturated heterocycles. The lowest BCUT2D eigenvalue weighted by Crippen LogP contribution is -2.29. The molecule has 1 aromatic carbocycles. The van der Waals surface area contributed by atoms with Crippen LogP contribution in [0.15, 0.2) is 35.2 Å². The molecule has 0 N–H and O–H groups in total. The smallest absolute Gasteiger partial charge is 0.164 e. The summed E-state index contributed by atoms with van der Waals surface area (Å²) in [5.74, 6) is 0.943. The van der Waals surface area contributed by atoms with E-state index in [1.165, 1.54) is 4.90 Å². The standard InChI is InChI=1S/C13H19NOS/c1-13(2,3)14(15)10-7-11-16-12-8-5-4-6-9-12/h4-6,8-10H,7,11H2,1-3H3. The highest BCUT2D eigenvalue weighted by molar-refractivity contribution is 7.99. The van der Waals surface area contributed by atoms with E-state index < -0.39 is 0 Å². The maximum Gasteiger partial charge on any atom is 0.164 e. The molecule has 1 aromatic rings. The van der Waals surface area contributed by atoms with E-state index in [0.29, 0.717) is 0 Å². The molecule has 0 radical (unpaired) electrons. The van der Waals surface area contributed by atoms with Gasteiger partial charge in [0, 0.05) is 37.8 Å². The molecule has 88 valence electrons. The minimum absolute atomic E-state index is 0.322. The van der Waals surface area contributed by atoms with Crippen LogP contribution in [0.1, 0.15) is 27.2 Å². The minimum Gasteiger partial charge on any atom is -0.624 e. The van der Waals surface area contributed by atoms with Crippen LogP contribution in [0.25, 0.3) is 0 Å². The maximum atomic E-state index is 11.5. The van der Waals surface area contributed by atoms with E-state index in [9.17, 15) is 5.21 Å². The Bertz CT molecular complexity index is 341. The Morgan fingerprint density at radius 1 is 1.25 bits per heavy atom. The number of hydrogen-bond acceptors (Lipinski definition) is 2. The maximum absolute atomic E-state index is 11.5. The van der Waals surface area contributed by atoms with Gasteiger partial charge in [-0.15, -0.1) is 11.8 Å². The topological polar surface area (TPSA) is 26.1 Å². The van der Waals surface area contributed by atoms with E-state index in [0.717, 1.165) is 16.9 Å². The molecule has 0 spiro atoms. The molecule has 0 heterocycles. The minimum atomic E-state index is -0.322. The molecule has 0 aliphatic rings. The third kappa shape index (κ3) is 4.71. The van der Waals surface area contributed by atoms with Gasteiger partial charge in [0.25, 0.3) is 0 Å². The van der Waals surface area contributed by atoms with Crippen LogP contribution in [0.3, 0.4) is 0 Å². The molecule has 0 aliphatic carbocycles. The Morgan fingerprint density at radius 2 is 1.88 bits per heavy atom. The number of hydrogen-bond donors (Lipinski definition) is 0. The Kier molecular flexibility index (Phi) is 4.87. The normalized spacial score (nSPS) is 12.8. The van der Waals surface area contributed by atoms with Gasteiger partial charge in [0.15, 0.2) is 11.8 Å². The van der Waals surface area contributed by atoms with E-state index in [1.807, 2.05) is 39.0 Å². The van der Waals surface area contributed by atoms with Crippen molar-refractivity contribution in [2.24, 2.45) is 0 Å². The van der Waals surface area contributed by atoms with Crippen LogP contribution in [0.4, 0.5) is 0 Å². The number of benzene rings is 1. The van der Waals surface area contributed by atoms with Crippen molar-refractivity contribution in [2.45, 2.75) is 37.6 Å². The van der Waals surface area contributed by atoms with Gasteiger partial charge in [-0.25, -0.2) is 4.74 Å². The van der Waals surface area contributed by atoms with Crippen LogP contribution < -0.4 is 0 Å². The van der Waals surface area contributed by atoms with E-state index >= 15 is 0 Å². The average Bonchev–Trinajstić information content (AvgIpc) is 2.24. The van der Waals surface area contributed by atoms with Crippen molar-refractivity contribution in [3.8, 4) is 0 Å². The van der Waals surface area contributed by atoms with Crippen LogP contribution in [0, 0.1) is 5.21 Å². The Morgan fingerprint density at radius 3 is 2.44 bits per heavy atom. The van der Waals surface area contributed by atoms with Gasteiger partial charge < -0.3 is 5.21 Å². The Labute approximate surface area is 102 Å². The fraction of sp³-hybridized carbons (Fsp3) is 0.462. The summed E-state index contributed by atoms with van der Waals surface area (Å²) in [5.41, 5.74) is -0.322. The van der Waals surface area contributed by atoms with Gasteiger partial charge in [-0.3, -0.25) is 0 Å². The molecule has 2 nitrogen and oxygen atoms in total. The van der Waals surface area contributed by atoms with Crippen molar-refractivity contribution in [1.82, 2.24) is 0 Å². The molecule has 0 atom stereocenters. The second-order valence-electron chi connectivity index (χ2n) is 4.63. The van der Waals surface area contributed by atoms with Crippen molar-refractivity contribution in [2.75, 3.05) is 5.75 Å². The summed E-state index contributed by atoms with van der Waals surface area (Å²) in [5, 5.41) is 11.5. The summed E-state index contributed by atoms with van der Waals surface area (Å²) in [7, 11) is 0. The highest BCUT2D eigenvalue weighted by Crippen LogP contribution is 2.17. The summed E-state index contributed by atoms with van der Waals surface area (Å²) in [6, 6.07) is 10.2. The molecule has 0 fully saturated rings. The summed E-state index contributed by atoms with van der Waals surface area (Å²) in [6.07, 6.45) is 2.54. The SMILES string of the molecule is CC(C)(C)[N+]([O-])=CCCSc1ccccc1. The molecule has 1 rings (SSSR count). The number of thioether (sulfide) groups is 1. The number of hydroxylamine groups is 1. The lowest BCUT2D eigenvalue weighted by Gasteiger charge is -2.18. The first-order valence-corrected chi connectivity index (χ1v) is 6.46. The van der Waals surface area contributed by atoms with Gasteiger partial charge in [0.2, 0.25) is 0 Å². The van der Waals surface area contributed by atoms with Gasteiger partial charge in [-0.2, -0.15) is 0 Å². The van der Waals surface area contributed by atoms with Crippen LogP contribution >= 0.6 is 11.8 Å². The fourth-order valence-electron chi connectivity index (χ4n) is 1.14. The first-order valence-electron chi connectivity index (χ1n) is 5.48. The van der Waals surface area contributed by atoms with Crippen molar-refractivity contribution in [1.29, 1.82) is 0 Å². The third-order valence-corrected chi connectivity index (χ3v) is 3.13. The summed E-state index contributed by atoms with van der Waals surface area (Å²) >= 11 is 1.78. The molecule has 0 unspecified atom stereocenters. The summed E-state index contributed by atoms with van der Waals surface area (Å²) < 4.78 is 1.04. The number of nitrogens with zero attached hydrogens (tertiary/aromatic N) is 1. The van der Waals surface area contributed by atoms with Crippen LogP contribution in [0.5, 0.6) is 0 Å². The molecule has 0 amide bonds. The molecule has 0 aromatic heterocycles. The second-order valence-corrected chi connectivity index (χ2v) is 5.80. The zero-order valence-corrected chi connectivity index (χ0v) is 11.0. The molecule has 0 saturated carbocycles. The largest absolute Gasteiger partial charge is 0.624 e. The zero-order chi connectivity index (χ0) is 12.0. The van der Waals surface area contributed by atoms with Crippen molar-refractivity contribution >= 4 is 18.0 Å². The predicted molar refractivity (Wildman–Crippen MR) is 71.2 cm³/mol. The lowest BCUT2D eigenvalue weighted by molar-refractivity contribution is -0.531. The van der Waals surface area contributed by atoms with Crippen LogP contribution in [-0.2, 0) is 0 Å². The fourth-order valence-corrected chi connectivity index (χ4v) is 1.95. The first-order chi connectivity index (χ1) is 7.50. The Balaban J connectivity index is 2.32. The van der Waals surface area contributed by atoms with Crippen molar-refractivity contribution in [3.05, 3.63) is 35.5 Å². The molecule has 3 heteroatoms. The van der Waals surface area contributed by atoms with E-state index in [1.54, 1.807) is 18.0 Å². The highest BCUT2D eigenvalue weighted by atomic mass is 32.2. The molecule has 0 aliphatic heterocycles. The van der Waals surface area contributed by atoms with Crippen molar-refractivity contribution < 1.29 is 4.74 Å². The third-order valence-electron chi connectivity index (χ3n) is 2.09. The Hall–Kier alpha value is -0.960. The quantitative estimate of drug-likeness (QED) is 0.200. The summed E-state index contributed by atoms with van der Waals surface area (Å²) in [6.45, 7) is 5.75. The van der Waals surface area contributed by atoms with E-state index in [4.69, 9.17) is 0 Å². The molecular weight excluding hydrogens is 218 g/mol. The summed E-state index contributed by atoms with van der Waals surface area (Å²) in [4.78, 5) is 1.25. The van der Waals surface area contributed by atoms with Gasteiger partial charge >= 0.3 is 0 Å². The van der Waals surface area contributed by atoms with Gasteiger partial charge in [-0.05, 0) is 12.1 Å². The number of rotatable bonds is 4. The monoisotopic (exact) mass is 237 g/mol. The molecule has 0 bridgehead atoms. The van der Waals surface area contributed by atoms with Crippen LogP contribution in [-0.4, -0.2) is 22.2 Å². The van der Waals surface area contributed by atoms with Crippen molar-refractivity contribution in [3.63, 3.8) is 0 Å². The van der Waals surface area contributed by atoms with E-state index in [-0.39, 0.29) is 5.54 Å². The second kappa shape index (κ2) is 5.94. The molecule has 16 heavy (non-hydrogen) atoms. The van der Waals surface area contributed by atoms with Crippen LogP contribution in [0.2, 0.25) is 0 Å². The van der Waals surface area contributed by atoms with E-state index in [2.05, 4.69) is 12.1 Å². The van der Waals surface area contributed by atoms with Gasteiger partial charge in [-0.1, -0.05) is 18.2 Å². The first kappa shape index (κ1) is 13.1. The zero-order valence-electron chi connectivity index (χ0n) is 10.1. The molecular formula is C13H19NOS. The van der Waals surface area contributed by atoms with Gasteiger partial charge in [0.05, 0.1) is 0 Å². The lowest BCUT2D eigenvalue weighted by atomic mass is 10.1. The predicted octanol–water partition coefficient (Wildman–Crippen LogP) is 3.55. The average molecular weight is 237 g/mol. The highest BCUT2D eigenvalue weighted by Gasteiger charge is 2.17. The van der Waals surface area contributed by atoms with Gasteiger partial charge in [0.1, 0.15) is 0 Å².